The van der Waals surface area contributed by atoms with Crippen LogP contribution in [0.15, 0.2) is 42.5 Å². The maximum atomic E-state index is 12.9. The molecule has 47 heavy (non-hydrogen) atoms. The van der Waals surface area contributed by atoms with E-state index in [1.807, 2.05) is 0 Å². The number of ether oxygens (including phenoxy) is 6. The first-order chi connectivity index (χ1) is 22.3. The number of carbonyl (C=O) groups excluding carboxylic acids is 2. The van der Waals surface area contributed by atoms with E-state index in [-0.39, 0.29) is 30.3 Å². The predicted molar refractivity (Wildman–Crippen MR) is 157 cm³/mol. The molecular weight excluding hydrogens is 628 g/mol. The minimum atomic E-state index is -1.75. The van der Waals surface area contributed by atoms with E-state index in [0.717, 1.165) is 13.0 Å². The van der Waals surface area contributed by atoms with Crippen LogP contribution in [0.5, 0.6) is 23.0 Å². The van der Waals surface area contributed by atoms with Crippen molar-refractivity contribution >= 4 is 18.0 Å². The first-order valence-corrected chi connectivity index (χ1v) is 14.6. The highest BCUT2D eigenvalue weighted by molar-refractivity contribution is 5.87. The Bertz CT molecular complexity index is 1410. The molecule has 0 bridgehead atoms. The SMILES string of the molecule is CC(=O)OC1C(OC2C(O)C(OCCc3ccc(O)c(O)c3)OC(CO)C2OC(=O)C=Cc2ccc(O)c(O)c2)OC(C)C(O)C1O. The Labute approximate surface area is 268 Å². The summed E-state index contributed by atoms with van der Waals surface area (Å²) in [5, 5.41) is 81.1. The number of phenols is 4. The molecule has 0 aliphatic carbocycles. The Morgan fingerprint density at radius 3 is 2.13 bits per heavy atom. The Balaban J connectivity index is 1.57. The number of aliphatic hydroxyl groups is 4. The smallest absolute Gasteiger partial charge is 0.331 e. The number of hydrogen-bond acceptors (Lipinski definition) is 16. The molecule has 8 N–H and O–H groups in total. The minimum Gasteiger partial charge on any atom is -0.504 e. The largest absolute Gasteiger partial charge is 0.504 e. The maximum absolute atomic E-state index is 12.9. The fourth-order valence-electron chi connectivity index (χ4n) is 5.06. The summed E-state index contributed by atoms with van der Waals surface area (Å²) in [5.74, 6) is -3.30. The van der Waals surface area contributed by atoms with E-state index in [0.29, 0.717) is 11.1 Å². The average molecular weight is 667 g/mol. The third kappa shape index (κ3) is 8.88. The van der Waals surface area contributed by atoms with Gasteiger partial charge < -0.3 is 69.3 Å². The molecule has 2 aliphatic rings. The van der Waals surface area contributed by atoms with Gasteiger partial charge in [0.1, 0.15) is 30.5 Å². The Kier molecular flexibility index (Phi) is 12.0. The van der Waals surface area contributed by atoms with Gasteiger partial charge in [0.15, 0.2) is 47.8 Å². The lowest BCUT2D eigenvalue weighted by molar-refractivity contribution is -0.357. The normalized spacial score (nSPS) is 31.0. The molecule has 0 aromatic heterocycles. The first-order valence-electron chi connectivity index (χ1n) is 14.6. The van der Waals surface area contributed by atoms with Gasteiger partial charge in [0.2, 0.25) is 0 Å². The molecule has 0 saturated carbocycles. The fraction of sp³-hybridized carbons (Fsp3) is 0.484. The number of aliphatic hydroxyl groups excluding tert-OH is 4. The summed E-state index contributed by atoms with van der Waals surface area (Å²) in [4.78, 5) is 24.7. The van der Waals surface area contributed by atoms with E-state index < -0.39 is 85.7 Å². The molecule has 2 aliphatic heterocycles. The molecule has 0 spiro atoms. The standard InChI is InChI=1S/C31H38O16/c1-14-24(39)25(40)29(44-15(2)33)31(43-14)47-28-26(41)30(42-10-9-17-4-7-19(35)21(37)12-17)45-22(13-32)27(28)46-23(38)8-5-16-3-6-18(34)20(36)11-16/h3-8,11-12,14,22,24-32,34-37,39-41H,9-10,13H2,1-2H3. The number of phenolic OH excluding ortho intramolecular Hbond substituents is 4. The van der Waals surface area contributed by atoms with Gasteiger partial charge in [-0.3, -0.25) is 4.79 Å². The molecule has 0 amide bonds. The molecule has 10 atom stereocenters. The molecule has 258 valence electrons. The van der Waals surface area contributed by atoms with Crippen LogP contribution in [0.2, 0.25) is 0 Å². The van der Waals surface area contributed by atoms with Gasteiger partial charge in [-0.05, 0) is 54.8 Å². The van der Waals surface area contributed by atoms with Gasteiger partial charge in [0.05, 0.1) is 19.3 Å². The molecule has 2 fully saturated rings. The van der Waals surface area contributed by atoms with E-state index in [4.69, 9.17) is 28.4 Å². The van der Waals surface area contributed by atoms with Gasteiger partial charge in [-0.1, -0.05) is 12.1 Å². The molecule has 2 heterocycles. The average Bonchev–Trinajstić information content (AvgIpc) is 3.02. The van der Waals surface area contributed by atoms with Gasteiger partial charge in [-0.15, -0.1) is 0 Å². The molecule has 2 aromatic carbocycles. The summed E-state index contributed by atoms with van der Waals surface area (Å²) in [6.07, 6.45) is -12.7. The van der Waals surface area contributed by atoms with E-state index in [2.05, 4.69) is 0 Å². The van der Waals surface area contributed by atoms with Gasteiger partial charge in [-0.2, -0.15) is 0 Å². The van der Waals surface area contributed by atoms with Crippen molar-refractivity contribution in [1.82, 2.24) is 0 Å². The predicted octanol–water partition coefficient (Wildman–Crippen LogP) is -0.445. The van der Waals surface area contributed by atoms with Crippen molar-refractivity contribution in [2.24, 2.45) is 0 Å². The second-order valence-corrected chi connectivity index (χ2v) is 11.0. The number of benzene rings is 2. The van der Waals surface area contributed by atoms with E-state index in [1.165, 1.54) is 49.4 Å². The van der Waals surface area contributed by atoms with Crippen LogP contribution in [0.1, 0.15) is 25.0 Å². The quantitative estimate of drug-likeness (QED) is 0.0859. The van der Waals surface area contributed by atoms with Crippen molar-refractivity contribution in [3.63, 3.8) is 0 Å². The van der Waals surface area contributed by atoms with Gasteiger partial charge >= 0.3 is 11.9 Å². The lowest BCUT2D eigenvalue weighted by Gasteiger charge is -2.47. The van der Waals surface area contributed by atoms with E-state index >= 15 is 0 Å². The summed E-state index contributed by atoms with van der Waals surface area (Å²) in [7, 11) is 0. The second kappa shape index (κ2) is 15.7. The van der Waals surface area contributed by atoms with Gasteiger partial charge in [-0.25, -0.2) is 4.79 Å². The second-order valence-electron chi connectivity index (χ2n) is 11.0. The monoisotopic (exact) mass is 666 g/mol. The van der Waals surface area contributed by atoms with Crippen LogP contribution in [-0.2, 0) is 44.4 Å². The van der Waals surface area contributed by atoms with Crippen LogP contribution >= 0.6 is 0 Å². The van der Waals surface area contributed by atoms with Crippen molar-refractivity contribution in [3.05, 3.63) is 53.6 Å². The lowest BCUT2D eigenvalue weighted by Crippen LogP contribution is -2.65. The van der Waals surface area contributed by atoms with Crippen LogP contribution in [0.3, 0.4) is 0 Å². The van der Waals surface area contributed by atoms with Crippen LogP contribution in [-0.4, -0.2) is 127 Å². The molecule has 10 unspecified atom stereocenters. The zero-order chi connectivity index (χ0) is 34.4. The third-order valence-electron chi connectivity index (χ3n) is 7.55. The van der Waals surface area contributed by atoms with Crippen molar-refractivity contribution in [1.29, 1.82) is 0 Å². The number of rotatable bonds is 11. The van der Waals surface area contributed by atoms with E-state index in [9.17, 15) is 50.4 Å². The molecule has 2 aromatic rings. The van der Waals surface area contributed by atoms with E-state index in [1.54, 1.807) is 0 Å². The summed E-state index contributed by atoms with van der Waals surface area (Å²) >= 11 is 0. The highest BCUT2D eigenvalue weighted by Gasteiger charge is 2.53. The Hall–Kier alpha value is -4.00. The van der Waals surface area contributed by atoms with Crippen LogP contribution < -0.4 is 0 Å². The molecule has 16 nitrogen and oxygen atoms in total. The molecule has 0 radical (unpaired) electrons. The Morgan fingerprint density at radius 2 is 1.49 bits per heavy atom. The highest BCUT2D eigenvalue weighted by atomic mass is 16.7. The number of esters is 2. The maximum Gasteiger partial charge on any atom is 0.331 e. The van der Waals surface area contributed by atoms with Crippen LogP contribution in [0.25, 0.3) is 6.08 Å². The van der Waals surface area contributed by atoms with Gasteiger partial charge in [0, 0.05) is 13.0 Å². The van der Waals surface area contributed by atoms with Crippen molar-refractivity contribution < 1.29 is 78.9 Å². The van der Waals surface area contributed by atoms with Crippen molar-refractivity contribution in [3.8, 4) is 23.0 Å². The number of carbonyl (C=O) groups is 2. The molecule has 2 saturated heterocycles. The van der Waals surface area contributed by atoms with Gasteiger partial charge in [0.25, 0.3) is 0 Å². The third-order valence-corrected chi connectivity index (χ3v) is 7.55. The Morgan fingerprint density at radius 1 is 0.809 bits per heavy atom. The molecular formula is C31H38O16. The topological polar surface area (TPSA) is 251 Å². The van der Waals surface area contributed by atoms with Crippen molar-refractivity contribution in [2.45, 2.75) is 81.7 Å². The number of aromatic hydroxyl groups is 4. The molecule has 16 heteroatoms. The lowest BCUT2D eigenvalue weighted by atomic mass is 9.96. The summed E-state index contributed by atoms with van der Waals surface area (Å²) < 4.78 is 33.8. The first kappa shape index (κ1) is 35.8. The van der Waals surface area contributed by atoms with Crippen molar-refractivity contribution in [2.75, 3.05) is 13.2 Å². The van der Waals surface area contributed by atoms with Crippen LogP contribution in [0.4, 0.5) is 0 Å². The summed E-state index contributed by atoms with van der Waals surface area (Å²) in [6.45, 7) is 1.62. The number of hydrogen-bond donors (Lipinski definition) is 8. The fourth-order valence-corrected chi connectivity index (χ4v) is 5.06. The zero-order valence-corrected chi connectivity index (χ0v) is 25.4. The zero-order valence-electron chi connectivity index (χ0n) is 25.4. The summed E-state index contributed by atoms with van der Waals surface area (Å²) in [5.41, 5.74) is 0.888. The highest BCUT2D eigenvalue weighted by Crippen LogP contribution is 2.33. The molecule has 4 rings (SSSR count). The minimum absolute atomic E-state index is 0.0958. The summed E-state index contributed by atoms with van der Waals surface area (Å²) in [6, 6.07) is 7.95. The van der Waals surface area contributed by atoms with Crippen LogP contribution in [0, 0.1) is 0 Å².